The number of nitrogens with zero attached hydrogens (tertiary/aromatic N) is 1. The van der Waals surface area contributed by atoms with Gasteiger partial charge in [0.05, 0.1) is 18.2 Å². The first-order valence-electron chi connectivity index (χ1n) is 5.33. The van der Waals surface area contributed by atoms with E-state index in [9.17, 15) is 4.79 Å². The zero-order valence-corrected chi connectivity index (χ0v) is 9.57. The van der Waals surface area contributed by atoms with Crippen molar-refractivity contribution >= 4 is 5.91 Å². The molecule has 4 nitrogen and oxygen atoms in total. The summed E-state index contributed by atoms with van der Waals surface area (Å²) in [5.74, 6) is -0.0748. The number of nitriles is 1. The highest BCUT2D eigenvalue weighted by atomic mass is 16.1. The van der Waals surface area contributed by atoms with Crippen LogP contribution in [0.4, 0.5) is 0 Å². The van der Waals surface area contributed by atoms with Crippen molar-refractivity contribution in [2.24, 2.45) is 0 Å². The van der Waals surface area contributed by atoms with E-state index in [1.165, 1.54) is 0 Å². The first-order chi connectivity index (χ1) is 8.26. The summed E-state index contributed by atoms with van der Waals surface area (Å²) in [5.41, 5.74) is 1.52. The van der Waals surface area contributed by atoms with Crippen LogP contribution in [0.2, 0.25) is 0 Å². The first kappa shape index (κ1) is 12.9. The van der Waals surface area contributed by atoms with Crippen LogP contribution in [0, 0.1) is 11.3 Å². The van der Waals surface area contributed by atoms with Crippen LogP contribution in [0.3, 0.4) is 0 Å². The molecule has 0 unspecified atom stereocenters. The van der Waals surface area contributed by atoms with Crippen LogP contribution in [0.15, 0.2) is 36.9 Å². The monoisotopic (exact) mass is 229 g/mol. The van der Waals surface area contributed by atoms with Gasteiger partial charge in [0.15, 0.2) is 0 Å². The van der Waals surface area contributed by atoms with Gasteiger partial charge in [-0.15, -0.1) is 6.58 Å². The third-order valence-corrected chi connectivity index (χ3v) is 2.12. The zero-order valence-electron chi connectivity index (χ0n) is 9.57. The minimum absolute atomic E-state index is 0.0748. The van der Waals surface area contributed by atoms with E-state index in [4.69, 9.17) is 5.26 Å². The SMILES string of the molecule is C=CCNCC(=O)NCc1cccc(C#N)c1. The van der Waals surface area contributed by atoms with Gasteiger partial charge in [-0.2, -0.15) is 5.26 Å². The molecule has 0 aliphatic heterocycles. The molecule has 0 aliphatic carbocycles. The van der Waals surface area contributed by atoms with Gasteiger partial charge < -0.3 is 10.6 Å². The summed E-state index contributed by atoms with van der Waals surface area (Å²) < 4.78 is 0. The number of nitrogens with one attached hydrogen (secondary N) is 2. The second-order valence-electron chi connectivity index (χ2n) is 3.51. The predicted octanol–water partition coefficient (Wildman–Crippen LogP) is 0.950. The van der Waals surface area contributed by atoms with Crippen LogP contribution >= 0.6 is 0 Å². The summed E-state index contributed by atoms with van der Waals surface area (Å²) in [6.45, 7) is 4.86. The van der Waals surface area contributed by atoms with Gasteiger partial charge >= 0.3 is 0 Å². The molecule has 0 aliphatic rings. The van der Waals surface area contributed by atoms with Crippen LogP contribution in [0.5, 0.6) is 0 Å². The maximum Gasteiger partial charge on any atom is 0.234 e. The molecule has 17 heavy (non-hydrogen) atoms. The van der Waals surface area contributed by atoms with E-state index in [-0.39, 0.29) is 12.5 Å². The van der Waals surface area contributed by atoms with Crippen molar-refractivity contribution in [3.8, 4) is 6.07 Å². The Labute approximate surface area is 101 Å². The number of carbonyl (C=O) groups excluding carboxylic acids is 1. The van der Waals surface area contributed by atoms with E-state index in [1.54, 1.807) is 24.3 Å². The van der Waals surface area contributed by atoms with Crippen LogP contribution in [0.25, 0.3) is 0 Å². The zero-order chi connectivity index (χ0) is 12.5. The maximum absolute atomic E-state index is 11.4. The van der Waals surface area contributed by atoms with Crippen molar-refractivity contribution in [3.63, 3.8) is 0 Å². The highest BCUT2D eigenvalue weighted by Crippen LogP contribution is 2.03. The third kappa shape index (κ3) is 4.96. The van der Waals surface area contributed by atoms with Crippen molar-refractivity contribution < 1.29 is 4.79 Å². The molecule has 2 N–H and O–H groups in total. The minimum atomic E-state index is -0.0748. The van der Waals surface area contributed by atoms with Crippen LogP contribution in [-0.4, -0.2) is 19.0 Å². The average molecular weight is 229 g/mol. The Bertz CT molecular complexity index is 435. The minimum Gasteiger partial charge on any atom is -0.351 e. The van der Waals surface area contributed by atoms with Crippen molar-refractivity contribution in [3.05, 3.63) is 48.0 Å². The van der Waals surface area contributed by atoms with Gasteiger partial charge in [0.25, 0.3) is 0 Å². The lowest BCUT2D eigenvalue weighted by molar-refractivity contribution is -0.120. The quantitative estimate of drug-likeness (QED) is 0.564. The lowest BCUT2D eigenvalue weighted by Crippen LogP contribution is -2.33. The van der Waals surface area contributed by atoms with Crippen LogP contribution < -0.4 is 10.6 Å². The molecule has 0 fully saturated rings. The lowest BCUT2D eigenvalue weighted by Gasteiger charge is -2.05. The Morgan fingerprint density at radius 3 is 3.06 bits per heavy atom. The summed E-state index contributed by atoms with van der Waals surface area (Å²) in [4.78, 5) is 11.4. The van der Waals surface area contributed by atoms with Crippen LogP contribution in [0.1, 0.15) is 11.1 Å². The predicted molar refractivity (Wildman–Crippen MR) is 66.1 cm³/mol. The van der Waals surface area contributed by atoms with Gasteiger partial charge in [-0.1, -0.05) is 18.2 Å². The third-order valence-electron chi connectivity index (χ3n) is 2.12. The first-order valence-corrected chi connectivity index (χ1v) is 5.33. The number of hydrogen-bond acceptors (Lipinski definition) is 3. The molecule has 1 amide bonds. The van der Waals surface area contributed by atoms with Crippen molar-refractivity contribution in [1.29, 1.82) is 5.26 Å². The Hall–Kier alpha value is -2.12. The largest absolute Gasteiger partial charge is 0.351 e. The number of hydrogen-bond donors (Lipinski definition) is 2. The molecule has 0 saturated heterocycles. The molecule has 1 rings (SSSR count). The van der Waals surface area contributed by atoms with E-state index in [2.05, 4.69) is 23.3 Å². The molecular weight excluding hydrogens is 214 g/mol. The van der Waals surface area contributed by atoms with E-state index >= 15 is 0 Å². The topological polar surface area (TPSA) is 64.9 Å². The Kier molecular flexibility index (Phi) is 5.49. The molecule has 0 aromatic heterocycles. The molecule has 88 valence electrons. The highest BCUT2D eigenvalue weighted by Gasteiger charge is 2.00. The Balaban J connectivity index is 2.37. The van der Waals surface area contributed by atoms with Gasteiger partial charge in [-0.3, -0.25) is 4.79 Å². The fourth-order valence-electron chi connectivity index (χ4n) is 1.30. The summed E-state index contributed by atoms with van der Waals surface area (Å²) in [7, 11) is 0. The summed E-state index contributed by atoms with van der Waals surface area (Å²) in [6, 6.07) is 9.23. The fourth-order valence-corrected chi connectivity index (χ4v) is 1.30. The normalized spacial score (nSPS) is 9.35. The van der Waals surface area contributed by atoms with E-state index in [0.717, 1.165) is 5.56 Å². The van der Waals surface area contributed by atoms with E-state index < -0.39 is 0 Å². The molecule has 0 heterocycles. The van der Waals surface area contributed by atoms with Gasteiger partial charge in [0.1, 0.15) is 0 Å². The van der Waals surface area contributed by atoms with E-state index in [0.29, 0.717) is 18.7 Å². The van der Waals surface area contributed by atoms with Crippen LogP contribution in [-0.2, 0) is 11.3 Å². The number of benzene rings is 1. The molecule has 1 aromatic rings. The highest BCUT2D eigenvalue weighted by molar-refractivity contribution is 5.77. The maximum atomic E-state index is 11.4. The average Bonchev–Trinajstić information content (AvgIpc) is 2.37. The van der Waals surface area contributed by atoms with Gasteiger partial charge in [0.2, 0.25) is 5.91 Å². The van der Waals surface area contributed by atoms with E-state index in [1.807, 2.05) is 6.07 Å². The number of carbonyl (C=O) groups is 1. The number of rotatable bonds is 6. The summed E-state index contributed by atoms with van der Waals surface area (Å²) in [6.07, 6.45) is 1.70. The summed E-state index contributed by atoms with van der Waals surface area (Å²) >= 11 is 0. The molecule has 0 radical (unpaired) electrons. The van der Waals surface area contributed by atoms with Crippen molar-refractivity contribution in [1.82, 2.24) is 10.6 Å². The van der Waals surface area contributed by atoms with Gasteiger partial charge in [0, 0.05) is 13.1 Å². The molecular formula is C13H15N3O. The second kappa shape index (κ2) is 7.20. The second-order valence-corrected chi connectivity index (χ2v) is 3.51. The number of amides is 1. The molecule has 0 bridgehead atoms. The lowest BCUT2D eigenvalue weighted by atomic mass is 10.1. The molecule has 0 atom stereocenters. The fraction of sp³-hybridized carbons (Fsp3) is 0.231. The molecule has 1 aromatic carbocycles. The Morgan fingerprint density at radius 1 is 1.53 bits per heavy atom. The Morgan fingerprint density at radius 2 is 2.35 bits per heavy atom. The smallest absolute Gasteiger partial charge is 0.234 e. The van der Waals surface area contributed by atoms with Crippen molar-refractivity contribution in [2.45, 2.75) is 6.54 Å². The van der Waals surface area contributed by atoms with Gasteiger partial charge in [-0.05, 0) is 17.7 Å². The molecule has 4 heteroatoms. The standard InChI is InChI=1S/C13H15N3O/c1-2-6-15-10-13(17)16-9-12-5-3-4-11(7-12)8-14/h2-5,7,15H,1,6,9-10H2,(H,16,17). The van der Waals surface area contributed by atoms with Gasteiger partial charge in [-0.25, -0.2) is 0 Å². The summed E-state index contributed by atoms with van der Waals surface area (Å²) in [5, 5.41) is 14.4. The molecule has 0 spiro atoms. The van der Waals surface area contributed by atoms with Crippen molar-refractivity contribution in [2.75, 3.05) is 13.1 Å². The molecule has 0 saturated carbocycles.